The first-order chi connectivity index (χ1) is 33.2. The van der Waals surface area contributed by atoms with Gasteiger partial charge < -0.3 is 68.9 Å². The van der Waals surface area contributed by atoms with Gasteiger partial charge in [-0.1, -0.05) is 68.2 Å². The number of nitrogens with one attached hydrogen (secondary N) is 8. The maximum atomic E-state index is 14.2. The van der Waals surface area contributed by atoms with Gasteiger partial charge in [0.2, 0.25) is 59.1 Å². The molecule has 404 valence electrons. The first-order valence-electron chi connectivity index (χ1n) is 24.8. The number of amides is 10. The van der Waals surface area contributed by atoms with Gasteiger partial charge in [-0.25, -0.2) is 0 Å². The third-order valence-electron chi connectivity index (χ3n) is 12.4. The van der Waals surface area contributed by atoms with Crippen molar-refractivity contribution in [2.45, 2.75) is 170 Å². The van der Waals surface area contributed by atoms with E-state index in [4.69, 9.17) is 11.5 Å². The Hall–Kier alpha value is -6.07. The summed E-state index contributed by atoms with van der Waals surface area (Å²) in [6, 6.07) is -8.37. The molecule has 1 fully saturated rings. The normalized spacial score (nSPS) is 17.1. The first kappa shape index (κ1) is 62.9. The molecule has 1 rings (SSSR count). The molecule has 0 bridgehead atoms. The molecule has 24 nitrogen and oxygen atoms in total. The van der Waals surface area contributed by atoms with Crippen molar-refractivity contribution in [2.24, 2.45) is 40.1 Å². The minimum absolute atomic E-state index is 0.0714. The number of rotatable bonds is 30. The smallest absolute Gasteiger partial charge is 0.245 e. The number of hydrogen-bond donors (Lipinski definition) is 11. The number of nitrogens with zero attached hydrogens (tertiary/aromatic N) is 3. The maximum absolute atomic E-state index is 14.2. The molecule has 1 aliphatic rings. The van der Waals surface area contributed by atoms with Gasteiger partial charge in [0.05, 0.1) is 19.2 Å². The van der Waals surface area contributed by atoms with Crippen LogP contribution in [0.4, 0.5) is 0 Å². The summed E-state index contributed by atoms with van der Waals surface area (Å²) in [5.41, 5.74) is 11.0. The molecular weight excluding hydrogens is 923 g/mol. The number of hydrogen-bond acceptors (Lipinski definition) is 12. The van der Waals surface area contributed by atoms with Crippen molar-refractivity contribution in [1.82, 2.24) is 52.3 Å². The molecular formula is C47H85N13O11. The van der Waals surface area contributed by atoms with Crippen molar-refractivity contribution in [3.05, 3.63) is 0 Å². The number of likely N-dealkylation sites (tertiary alicyclic amines) is 1. The molecule has 0 aromatic carbocycles. The lowest BCUT2D eigenvalue weighted by Crippen LogP contribution is -2.63. The van der Waals surface area contributed by atoms with Gasteiger partial charge >= 0.3 is 0 Å². The van der Waals surface area contributed by atoms with Crippen LogP contribution in [0.5, 0.6) is 0 Å². The number of carbonyl (C=O) groups excluding carboxylic acids is 10. The zero-order valence-electron chi connectivity index (χ0n) is 43.9. The average Bonchev–Trinajstić information content (AvgIpc) is 3.80. The monoisotopic (exact) mass is 1010 g/mol. The van der Waals surface area contributed by atoms with Crippen molar-refractivity contribution in [3.63, 3.8) is 0 Å². The van der Waals surface area contributed by atoms with E-state index < -0.39 is 120 Å². The topological polar surface area (TPSA) is 358 Å². The number of guanidine groups is 1. The Morgan fingerprint density at radius 2 is 1.21 bits per heavy atom. The van der Waals surface area contributed by atoms with Crippen LogP contribution in [0.2, 0.25) is 0 Å². The van der Waals surface area contributed by atoms with E-state index in [1.54, 1.807) is 41.5 Å². The summed E-state index contributed by atoms with van der Waals surface area (Å²) in [7, 11) is 1.42. The van der Waals surface area contributed by atoms with Crippen molar-refractivity contribution in [2.75, 3.05) is 39.8 Å². The van der Waals surface area contributed by atoms with E-state index in [0.717, 1.165) is 4.90 Å². The van der Waals surface area contributed by atoms with Gasteiger partial charge in [-0.3, -0.25) is 52.9 Å². The Labute approximate surface area is 418 Å². The molecule has 71 heavy (non-hydrogen) atoms. The summed E-state index contributed by atoms with van der Waals surface area (Å²) in [4.78, 5) is 140. The minimum atomic E-state index is -1.63. The summed E-state index contributed by atoms with van der Waals surface area (Å²) in [6.07, 6.45) is 0.803. The Morgan fingerprint density at radius 1 is 0.690 bits per heavy atom. The van der Waals surface area contributed by atoms with Crippen molar-refractivity contribution < 1.29 is 53.1 Å². The summed E-state index contributed by atoms with van der Waals surface area (Å²) in [6.45, 7) is 18.3. The second-order valence-electron chi connectivity index (χ2n) is 19.2. The summed E-state index contributed by atoms with van der Waals surface area (Å²) >= 11 is 0. The lowest BCUT2D eigenvalue weighted by Gasteiger charge is -2.32. The van der Waals surface area contributed by atoms with E-state index in [1.165, 1.54) is 25.8 Å². The van der Waals surface area contributed by atoms with E-state index in [0.29, 0.717) is 45.2 Å². The van der Waals surface area contributed by atoms with E-state index in [1.807, 2.05) is 20.8 Å². The van der Waals surface area contributed by atoms with E-state index in [-0.39, 0.29) is 49.6 Å². The zero-order valence-corrected chi connectivity index (χ0v) is 43.9. The maximum Gasteiger partial charge on any atom is 0.245 e. The fourth-order valence-corrected chi connectivity index (χ4v) is 7.65. The number of aliphatic hydroxyl groups is 1. The fourth-order valence-electron chi connectivity index (χ4n) is 7.65. The van der Waals surface area contributed by atoms with Gasteiger partial charge in [-0.15, -0.1) is 0 Å². The van der Waals surface area contributed by atoms with Gasteiger partial charge in [-0.2, -0.15) is 0 Å². The van der Waals surface area contributed by atoms with Crippen LogP contribution in [0.25, 0.3) is 0 Å². The Bertz CT molecular complexity index is 1860. The number of likely N-dealkylation sites (N-methyl/N-ethyl adjacent to an activating group) is 2. The SMILES string of the molecule is CCNC(=O)[C@@H]1CCCN1C(=O)[C@H](CCCN=C(N)N)NC(=O)[C@@H](NC(=O)[C@H](CC(C)C)NC(=O)[C@@H](NC(=O)[C@H](NC(=O)[C@@H](NC(=O)CNC(=O)CN(C)C(C)=O)C(C)C)[C@@H](C)CC)[C@@H](C)O)[C@@H](C)CC. The zero-order chi connectivity index (χ0) is 54.3. The number of nitrogens with two attached hydrogens (primary N) is 2. The van der Waals surface area contributed by atoms with E-state index in [9.17, 15) is 53.1 Å². The summed E-state index contributed by atoms with van der Waals surface area (Å²) in [5, 5.41) is 32.0. The number of aliphatic hydroxyl groups excluding tert-OH is 1. The second kappa shape index (κ2) is 31.3. The highest BCUT2D eigenvalue weighted by Crippen LogP contribution is 2.21. The van der Waals surface area contributed by atoms with Crippen LogP contribution in [0.3, 0.4) is 0 Å². The quantitative estimate of drug-likeness (QED) is 0.0208. The van der Waals surface area contributed by atoms with Crippen LogP contribution >= 0.6 is 0 Å². The van der Waals surface area contributed by atoms with Gasteiger partial charge in [-0.05, 0) is 69.6 Å². The van der Waals surface area contributed by atoms with Crippen LogP contribution in [0.1, 0.15) is 121 Å². The van der Waals surface area contributed by atoms with Gasteiger partial charge in [0.1, 0.15) is 42.3 Å². The average molecular weight is 1010 g/mol. The molecule has 0 aromatic rings. The molecule has 0 aromatic heterocycles. The molecule has 1 heterocycles. The van der Waals surface area contributed by atoms with Crippen LogP contribution in [-0.4, -0.2) is 168 Å². The molecule has 0 unspecified atom stereocenters. The predicted octanol–water partition coefficient (Wildman–Crippen LogP) is -2.15. The molecule has 1 aliphatic heterocycles. The molecule has 10 amide bonds. The highest BCUT2D eigenvalue weighted by Gasteiger charge is 2.40. The largest absolute Gasteiger partial charge is 0.391 e. The molecule has 0 radical (unpaired) electrons. The second-order valence-corrected chi connectivity index (χ2v) is 19.2. The molecule has 1 saturated heterocycles. The van der Waals surface area contributed by atoms with E-state index in [2.05, 4.69) is 47.5 Å². The molecule has 0 saturated carbocycles. The number of carbonyl (C=O) groups is 10. The van der Waals surface area contributed by atoms with Gasteiger partial charge in [0.25, 0.3) is 0 Å². The third kappa shape index (κ3) is 21.4. The highest BCUT2D eigenvalue weighted by molar-refractivity contribution is 5.98. The Balaban J connectivity index is 3.36. The minimum Gasteiger partial charge on any atom is -0.391 e. The third-order valence-corrected chi connectivity index (χ3v) is 12.4. The van der Waals surface area contributed by atoms with Crippen LogP contribution < -0.4 is 54.0 Å². The molecule has 10 atom stereocenters. The van der Waals surface area contributed by atoms with Gasteiger partial charge in [0, 0.05) is 33.6 Å². The molecule has 0 aliphatic carbocycles. The molecule has 13 N–H and O–H groups in total. The number of aliphatic imine (C=N–C) groups is 1. The molecule has 24 heteroatoms. The highest BCUT2D eigenvalue weighted by atomic mass is 16.3. The van der Waals surface area contributed by atoms with E-state index >= 15 is 0 Å². The summed E-state index contributed by atoms with van der Waals surface area (Å²) in [5.74, 6) is -8.17. The van der Waals surface area contributed by atoms with Crippen LogP contribution in [-0.2, 0) is 47.9 Å². The van der Waals surface area contributed by atoms with Crippen molar-refractivity contribution >= 4 is 65.0 Å². The Morgan fingerprint density at radius 3 is 1.72 bits per heavy atom. The molecule has 0 spiro atoms. The first-order valence-corrected chi connectivity index (χ1v) is 24.8. The van der Waals surface area contributed by atoms with Crippen LogP contribution in [0.15, 0.2) is 4.99 Å². The van der Waals surface area contributed by atoms with Gasteiger partial charge in [0.15, 0.2) is 5.96 Å². The lowest BCUT2D eigenvalue weighted by atomic mass is 9.95. The lowest BCUT2D eigenvalue weighted by molar-refractivity contribution is -0.142. The van der Waals surface area contributed by atoms with Crippen molar-refractivity contribution in [3.8, 4) is 0 Å². The van der Waals surface area contributed by atoms with Crippen molar-refractivity contribution in [1.29, 1.82) is 0 Å². The fraction of sp³-hybridized carbons (Fsp3) is 0.766. The Kier molecular flexibility index (Phi) is 27.8. The standard InChI is InChI=1S/C47H85N13O11/c1-13-27(8)37(43(68)53-31(18-16-20-51-47(48)49)46(71)60-21-17-19-33(60)41(66)50-15-3)56-40(65)32(22-25(4)5)54-45(70)39(29(10)61)58-44(69)38(28(9)14-2)57-42(67)36(26(6)7)55-34(63)23-52-35(64)24-59(12)30(11)62/h25-29,31-33,36-39,61H,13-24H2,1-12H3,(H,50,66)(H,52,64)(H,53,68)(H,54,70)(H,55,63)(H,56,65)(H,57,67)(H,58,69)(H4,48,49,51)/t27-,28-,29+,31-,32-,33-,36-,37-,38+,39-/m0/s1. The van der Waals surface area contributed by atoms with Crippen LogP contribution in [0, 0.1) is 23.7 Å². The predicted molar refractivity (Wildman–Crippen MR) is 266 cm³/mol. The summed E-state index contributed by atoms with van der Waals surface area (Å²) < 4.78 is 0.